The Hall–Kier alpha value is 0.479. The average Bonchev–Trinajstić information content (AvgIpc) is 2.79. The molecule has 0 heterocycles. The molecular formula is C12H14FeO+2. The molecule has 2 rings (SSSR count). The summed E-state index contributed by atoms with van der Waals surface area (Å²) in [5.41, 5.74) is 0. The number of methoxy groups -OCH3 is 1. The largest absolute Gasteiger partial charge is 2.00 e. The van der Waals surface area contributed by atoms with Gasteiger partial charge in [0.05, 0.1) is 6.61 Å². The van der Waals surface area contributed by atoms with Gasteiger partial charge in [-0.3, -0.25) is 0 Å². The van der Waals surface area contributed by atoms with Crippen LogP contribution in [-0.2, 0) is 21.8 Å². The van der Waals surface area contributed by atoms with E-state index >= 15 is 0 Å². The van der Waals surface area contributed by atoms with Gasteiger partial charge in [0, 0.05) is 13.0 Å². The van der Waals surface area contributed by atoms with Gasteiger partial charge in [-0.15, -0.1) is 0 Å². The van der Waals surface area contributed by atoms with Crippen LogP contribution in [0.25, 0.3) is 0 Å². The Morgan fingerprint density at radius 1 is 0.857 bits per heavy atom. The summed E-state index contributed by atoms with van der Waals surface area (Å²) in [7, 11) is 1.70. The van der Waals surface area contributed by atoms with E-state index < -0.39 is 0 Å². The van der Waals surface area contributed by atoms with Crippen LogP contribution in [0.3, 0.4) is 0 Å². The molecule has 0 saturated heterocycles. The fourth-order valence-electron chi connectivity index (χ4n) is 0.998. The first kappa shape index (κ1) is 14.5. The summed E-state index contributed by atoms with van der Waals surface area (Å²) in [5.74, 6) is 1.24. The summed E-state index contributed by atoms with van der Waals surface area (Å²) in [6.45, 7) is 0.729. The maximum absolute atomic E-state index is 4.89. The standard InChI is InChI=1S/C7H9O.C5H5.Fe/c1-8-6-7-4-2-3-5-7;1-2-4-5-3-1;/h2-5H,6H2,1H3;1-5H;/q;;+2. The minimum Gasteiger partial charge on any atom is -0.384 e. The summed E-state index contributed by atoms with van der Waals surface area (Å²) in [6.07, 6.45) is 18.1. The van der Waals surface area contributed by atoms with Crippen LogP contribution in [0.5, 0.6) is 0 Å². The number of hydrogen-bond donors (Lipinski definition) is 0. The number of hydrogen-bond acceptors (Lipinski definition) is 1. The molecule has 0 spiro atoms. The van der Waals surface area contributed by atoms with Crippen LogP contribution in [0.15, 0.2) is 0 Å². The van der Waals surface area contributed by atoms with E-state index in [2.05, 4.69) is 0 Å². The van der Waals surface area contributed by atoms with Crippen molar-refractivity contribution in [1.29, 1.82) is 0 Å². The van der Waals surface area contributed by atoms with E-state index in [1.54, 1.807) is 7.11 Å². The molecule has 2 aliphatic rings. The molecule has 1 nitrogen and oxygen atoms in total. The average molecular weight is 230 g/mol. The first-order valence-corrected chi connectivity index (χ1v) is 4.29. The Morgan fingerprint density at radius 3 is 1.64 bits per heavy atom. The van der Waals surface area contributed by atoms with E-state index in [0.29, 0.717) is 0 Å². The molecule has 2 aliphatic carbocycles. The molecule has 0 unspecified atom stereocenters. The van der Waals surface area contributed by atoms with E-state index in [-0.39, 0.29) is 17.1 Å². The van der Waals surface area contributed by atoms with Crippen molar-refractivity contribution in [2.24, 2.45) is 0 Å². The molecule has 14 heavy (non-hydrogen) atoms. The Balaban J connectivity index is 0.000000246. The van der Waals surface area contributed by atoms with Crippen LogP contribution in [-0.4, -0.2) is 13.7 Å². The van der Waals surface area contributed by atoms with Gasteiger partial charge >= 0.3 is 17.1 Å². The molecule has 2 saturated carbocycles. The third-order valence-electron chi connectivity index (χ3n) is 1.60. The van der Waals surface area contributed by atoms with E-state index in [1.165, 1.54) is 5.92 Å². The molecule has 0 aliphatic heterocycles. The van der Waals surface area contributed by atoms with Crippen LogP contribution < -0.4 is 0 Å². The summed E-state index contributed by atoms with van der Waals surface area (Å²) in [6, 6.07) is 0. The van der Waals surface area contributed by atoms with Crippen molar-refractivity contribution < 1.29 is 21.8 Å². The maximum Gasteiger partial charge on any atom is 2.00 e. The monoisotopic (exact) mass is 230 g/mol. The van der Waals surface area contributed by atoms with Crippen molar-refractivity contribution in [3.05, 3.63) is 63.7 Å². The van der Waals surface area contributed by atoms with Crippen LogP contribution in [0.1, 0.15) is 0 Å². The van der Waals surface area contributed by atoms with E-state index in [0.717, 1.165) is 6.61 Å². The minimum absolute atomic E-state index is 0. The molecule has 0 bridgehead atoms. The van der Waals surface area contributed by atoms with Gasteiger partial charge in [-0.2, -0.15) is 0 Å². The Labute approximate surface area is 99.5 Å². The molecule has 10 radical (unpaired) electrons. The molecular weight excluding hydrogens is 216 g/mol. The second-order valence-corrected chi connectivity index (χ2v) is 2.69. The SMILES string of the molecule is COC[C]1[CH][CH][CH][CH]1.[CH]1[CH][CH][CH][CH]1.[Fe+2]. The third kappa shape index (κ3) is 6.86. The summed E-state index contributed by atoms with van der Waals surface area (Å²) >= 11 is 0. The maximum atomic E-state index is 4.89. The Bertz CT molecular complexity index is 99.3. The zero-order chi connectivity index (χ0) is 9.36. The molecule has 2 heteroatoms. The van der Waals surface area contributed by atoms with Gasteiger partial charge in [-0.05, 0) is 57.8 Å². The van der Waals surface area contributed by atoms with Gasteiger partial charge in [0.25, 0.3) is 0 Å². The van der Waals surface area contributed by atoms with Crippen LogP contribution in [0.2, 0.25) is 0 Å². The van der Waals surface area contributed by atoms with Gasteiger partial charge in [-0.25, -0.2) is 0 Å². The third-order valence-corrected chi connectivity index (χ3v) is 1.60. The van der Waals surface area contributed by atoms with Gasteiger partial charge in [-0.1, -0.05) is 0 Å². The number of rotatable bonds is 2. The molecule has 74 valence electrons. The molecule has 0 amide bonds. The Kier molecular flexibility index (Phi) is 10.4. The zero-order valence-electron chi connectivity index (χ0n) is 8.17. The molecule has 0 aromatic carbocycles. The normalized spacial score (nSPS) is 21.2. The quantitative estimate of drug-likeness (QED) is 0.660. The predicted octanol–water partition coefficient (Wildman–Crippen LogP) is 2.06. The first-order chi connectivity index (χ1) is 6.43. The van der Waals surface area contributed by atoms with Crippen molar-refractivity contribution in [3.8, 4) is 0 Å². The molecule has 0 aromatic heterocycles. The van der Waals surface area contributed by atoms with Crippen LogP contribution >= 0.6 is 0 Å². The second-order valence-electron chi connectivity index (χ2n) is 2.69. The fourth-order valence-corrected chi connectivity index (χ4v) is 0.998. The Morgan fingerprint density at radius 2 is 1.29 bits per heavy atom. The van der Waals surface area contributed by atoms with Gasteiger partial charge in [0.1, 0.15) is 0 Å². The number of ether oxygens (including phenoxy) is 1. The smallest absolute Gasteiger partial charge is 0.384 e. The van der Waals surface area contributed by atoms with E-state index in [9.17, 15) is 0 Å². The summed E-state index contributed by atoms with van der Waals surface area (Å²) in [5, 5.41) is 0. The van der Waals surface area contributed by atoms with Crippen molar-refractivity contribution >= 4 is 0 Å². The van der Waals surface area contributed by atoms with E-state index in [1.807, 2.05) is 57.8 Å². The van der Waals surface area contributed by atoms with Gasteiger partial charge in [0.15, 0.2) is 0 Å². The molecule has 2 fully saturated rings. The van der Waals surface area contributed by atoms with Gasteiger partial charge in [0.2, 0.25) is 0 Å². The van der Waals surface area contributed by atoms with Crippen molar-refractivity contribution in [1.82, 2.24) is 0 Å². The predicted molar refractivity (Wildman–Crippen MR) is 53.8 cm³/mol. The molecule has 0 N–H and O–H groups in total. The zero-order valence-corrected chi connectivity index (χ0v) is 9.27. The van der Waals surface area contributed by atoms with Crippen molar-refractivity contribution in [3.63, 3.8) is 0 Å². The first-order valence-electron chi connectivity index (χ1n) is 4.29. The van der Waals surface area contributed by atoms with E-state index in [4.69, 9.17) is 4.74 Å². The second kappa shape index (κ2) is 10.0. The molecule has 0 aromatic rings. The van der Waals surface area contributed by atoms with Crippen LogP contribution in [0, 0.1) is 63.7 Å². The van der Waals surface area contributed by atoms with Crippen LogP contribution in [0.4, 0.5) is 0 Å². The summed E-state index contributed by atoms with van der Waals surface area (Å²) in [4.78, 5) is 0. The van der Waals surface area contributed by atoms with Crippen molar-refractivity contribution in [2.75, 3.05) is 13.7 Å². The summed E-state index contributed by atoms with van der Waals surface area (Å²) < 4.78 is 4.89. The topological polar surface area (TPSA) is 9.23 Å². The minimum atomic E-state index is 0. The molecule has 0 atom stereocenters. The van der Waals surface area contributed by atoms with Crippen molar-refractivity contribution in [2.45, 2.75) is 0 Å². The fraction of sp³-hybridized carbons (Fsp3) is 0.167. The van der Waals surface area contributed by atoms with Gasteiger partial charge < -0.3 is 4.74 Å².